The van der Waals surface area contributed by atoms with Crippen molar-refractivity contribution in [2.24, 2.45) is 0 Å². The van der Waals surface area contributed by atoms with Crippen LogP contribution in [0.15, 0.2) is 59.5 Å². The zero-order valence-electron chi connectivity index (χ0n) is 14.8. The molecule has 1 aromatic heterocycles. The van der Waals surface area contributed by atoms with Gasteiger partial charge in [0.15, 0.2) is 5.82 Å². The lowest BCUT2D eigenvalue weighted by molar-refractivity contribution is 0.570. The lowest BCUT2D eigenvalue weighted by Gasteiger charge is -2.20. The third-order valence-corrected chi connectivity index (χ3v) is 5.07. The van der Waals surface area contributed by atoms with E-state index in [2.05, 4.69) is 10.4 Å². The fourth-order valence-electron chi connectivity index (χ4n) is 3.34. The van der Waals surface area contributed by atoms with Gasteiger partial charge in [-0.05, 0) is 30.7 Å². The lowest BCUT2D eigenvalue weighted by Crippen LogP contribution is -2.30. The minimum atomic E-state index is -0.883. The molecule has 2 aromatic carbocycles. The zero-order chi connectivity index (χ0) is 19.7. The molecule has 1 N–H and O–H groups in total. The first-order valence-electron chi connectivity index (χ1n) is 8.83. The second kappa shape index (κ2) is 7.59. The van der Waals surface area contributed by atoms with Gasteiger partial charge in [-0.15, -0.1) is 0 Å². The van der Waals surface area contributed by atoms with Gasteiger partial charge in [-0.2, -0.15) is 9.78 Å². The maximum atomic E-state index is 14.0. The summed E-state index contributed by atoms with van der Waals surface area (Å²) < 4.78 is 28.0. The van der Waals surface area contributed by atoms with Gasteiger partial charge in [0.1, 0.15) is 16.5 Å². The normalized spacial score (nSPS) is 16.4. The highest BCUT2D eigenvalue weighted by Crippen LogP contribution is 2.27. The molecule has 1 aliphatic heterocycles. The van der Waals surface area contributed by atoms with Crippen LogP contribution in [0.1, 0.15) is 6.42 Å². The van der Waals surface area contributed by atoms with Crippen LogP contribution in [0.5, 0.6) is 0 Å². The van der Waals surface area contributed by atoms with Gasteiger partial charge < -0.3 is 10.2 Å². The largest absolute Gasteiger partial charge is 0.380 e. The van der Waals surface area contributed by atoms with Crippen LogP contribution in [0.4, 0.5) is 20.2 Å². The van der Waals surface area contributed by atoms with E-state index in [0.717, 1.165) is 28.9 Å². The van der Waals surface area contributed by atoms with E-state index in [0.29, 0.717) is 24.8 Å². The summed E-state index contributed by atoms with van der Waals surface area (Å²) in [5.74, 6) is -1.61. The molecule has 1 saturated heterocycles. The van der Waals surface area contributed by atoms with Crippen LogP contribution in [0.3, 0.4) is 0 Å². The summed E-state index contributed by atoms with van der Waals surface area (Å²) in [6.45, 7) is 1.37. The van der Waals surface area contributed by atoms with E-state index in [1.54, 1.807) is 0 Å². The van der Waals surface area contributed by atoms with Crippen molar-refractivity contribution in [1.29, 1.82) is 0 Å². The fraction of sp³-hybridized carbons (Fsp3) is 0.200. The highest BCUT2D eigenvalue weighted by molar-refractivity contribution is 6.33. The van der Waals surface area contributed by atoms with Crippen molar-refractivity contribution in [2.75, 3.05) is 23.3 Å². The molecule has 1 aliphatic rings. The van der Waals surface area contributed by atoms with Crippen molar-refractivity contribution < 1.29 is 8.78 Å². The van der Waals surface area contributed by atoms with Gasteiger partial charge in [-0.25, -0.2) is 8.78 Å². The van der Waals surface area contributed by atoms with Crippen LogP contribution in [0.2, 0.25) is 5.02 Å². The predicted molar refractivity (Wildman–Crippen MR) is 105 cm³/mol. The van der Waals surface area contributed by atoms with E-state index < -0.39 is 17.2 Å². The summed E-state index contributed by atoms with van der Waals surface area (Å²) in [6, 6.07) is 13.0. The Hall–Kier alpha value is -2.93. The standard InChI is InChI=1S/C20H17ClF2N4O/c21-19-18(26-9-8-15(12-26)25-14-4-2-1-3-5-14)11-24-27(20(19)28)17-7-6-13(22)10-16(17)23/h1-7,10-11,15,25H,8-9,12H2. The highest BCUT2D eigenvalue weighted by atomic mass is 35.5. The Morgan fingerprint density at radius 3 is 2.64 bits per heavy atom. The Morgan fingerprint density at radius 1 is 1.11 bits per heavy atom. The van der Waals surface area contributed by atoms with Gasteiger partial charge in [-0.3, -0.25) is 4.79 Å². The molecule has 1 unspecified atom stereocenters. The van der Waals surface area contributed by atoms with Gasteiger partial charge in [0.25, 0.3) is 5.56 Å². The number of nitrogens with zero attached hydrogens (tertiary/aromatic N) is 3. The van der Waals surface area contributed by atoms with E-state index in [4.69, 9.17) is 11.6 Å². The van der Waals surface area contributed by atoms with Gasteiger partial charge in [0, 0.05) is 30.9 Å². The molecular formula is C20H17ClF2N4O. The fourth-order valence-corrected chi connectivity index (χ4v) is 3.58. The first-order chi connectivity index (χ1) is 13.5. The molecule has 3 aromatic rings. The van der Waals surface area contributed by atoms with Crippen molar-refractivity contribution in [3.05, 3.63) is 81.7 Å². The summed E-state index contributed by atoms with van der Waals surface area (Å²) in [5, 5.41) is 7.46. The first-order valence-corrected chi connectivity index (χ1v) is 9.20. The third-order valence-electron chi connectivity index (χ3n) is 4.71. The number of hydrogen-bond acceptors (Lipinski definition) is 4. The molecule has 0 saturated carbocycles. The number of nitrogens with one attached hydrogen (secondary N) is 1. The van der Waals surface area contributed by atoms with Crippen molar-refractivity contribution >= 4 is 23.0 Å². The summed E-state index contributed by atoms with van der Waals surface area (Å²) >= 11 is 6.29. The molecular weight excluding hydrogens is 386 g/mol. The molecule has 0 aliphatic carbocycles. The Labute approximate surface area is 165 Å². The molecule has 4 rings (SSSR count). The minimum absolute atomic E-state index is 0.0425. The molecule has 2 heterocycles. The quantitative estimate of drug-likeness (QED) is 0.720. The topological polar surface area (TPSA) is 50.2 Å². The van der Waals surface area contributed by atoms with Crippen LogP contribution in [-0.2, 0) is 0 Å². The second-order valence-electron chi connectivity index (χ2n) is 6.60. The first kappa shape index (κ1) is 18.4. The second-order valence-corrected chi connectivity index (χ2v) is 6.98. The average Bonchev–Trinajstić information content (AvgIpc) is 3.13. The van der Waals surface area contributed by atoms with Crippen molar-refractivity contribution in [3.8, 4) is 5.69 Å². The Bertz CT molecular complexity index is 1060. The van der Waals surface area contributed by atoms with E-state index in [9.17, 15) is 13.6 Å². The number of rotatable bonds is 4. The molecule has 8 heteroatoms. The van der Waals surface area contributed by atoms with E-state index in [1.165, 1.54) is 6.20 Å². The van der Waals surface area contributed by atoms with E-state index in [-0.39, 0.29) is 16.8 Å². The van der Waals surface area contributed by atoms with Gasteiger partial charge in [0.2, 0.25) is 0 Å². The van der Waals surface area contributed by atoms with Crippen molar-refractivity contribution in [3.63, 3.8) is 0 Å². The van der Waals surface area contributed by atoms with Gasteiger partial charge >= 0.3 is 0 Å². The maximum Gasteiger partial charge on any atom is 0.292 e. The average molecular weight is 403 g/mol. The van der Waals surface area contributed by atoms with Crippen LogP contribution >= 0.6 is 11.6 Å². The van der Waals surface area contributed by atoms with Gasteiger partial charge in [-0.1, -0.05) is 29.8 Å². The van der Waals surface area contributed by atoms with Crippen LogP contribution in [-0.4, -0.2) is 28.9 Å². The minimum Gasteiger partial charge on any atom is -0.380 e. The molecule has 1 atom stereocenters. The molecule has 28 heavy (non-hydrogen) atoms. The Morgan fingerprint density at radius 2 is 1.89 bits per heavy atom. The van der Waals surface area contributed by atoms with E-state index >= 15 is 0 Å². The zero-order valence-corrected chi connectivity index (χ0v) is 15.5. The summed E-state index contributed by atoms with van der Waals surface area (Å²) in [7, 11) is 0. The van der Waals surface area contributed by atoms with Crippen molar-refractivity contribution in [2.45, 2.75) is 12.5 Å². The molecule has 1 fully saturated rings. The molecule has 144 valence electrons. The number of hydrogen-bond donors (Lipinski definition) is 1. The molecule has 5 nitrogen and oxygen atoms in total. The maximum absolute atomic E-state index is 14.0. The summed E-state index contributed by atoms with van der Waals surface area (Å²) in [5.41, 5.74) is 0.734. The number of halogens is 3. The van der Waals surface area contributed by atoms with Crippen LogP contribution in [0, 0.1) is 11.6 Å². The monoisotopic (exact) mass is 402 g/mol. The number of benzene rings is 2. The smallest absolute Gasteiger partial charge is 0.292 e. The highest BCUT2D eigenvalue weighted by Gasteiger charge is 2.26. The van der Waals surface area contributed by atoms with Crippen molar-refractivity contribution in [1.82, 2.24) is 9.78 Å². The number of aromatic nitrogens is 2. The lowest BCUT2D eigenvalue weighted by atomic mass is 10.2. The third kappa shape index (κ3) is 3.57. The molecule has 0 spiro atoms. The predicted octanol–water partition coefficient (Wildman–Crippen LogP) is 3.85. The molecule has 0 amide bonds. The van der Waals surface area contributed by atoms with Crippen LogP contribution < -0.4 is 15.8 Å². The molecule has 0 bridgehead atoms. The number of anilines is 2. The number of para-hydroxylation sites is 1. The summed E-state index contributed by atoms with van der Waals surface area (Å²) in [4.78, 5) is 14.6. The summed E-state index contributed by atoms with van der Waals surface area (Å²) in [6.07, 6.45) is 2.32. The van der Waals surface area contributed by atoms with E-state index in [1.807, 2.05) is 35.2 Å². The Kier molecular flexibility index (Phi) is 5.00. The van der Waals surface area contributed by atoms with Gasteiger partial charge in [0.05, 0.1) is 11.9 Å². The SMILES string of the molecule is O=c1c(Cl)c(N2CCC(Nc3ccccc3)C2)cnn1-c1ccc(F)cc1F. The molecule has 0 radical (unpaired) electrons. The van der Waals surface area contributed by atoms with Crippen LogP contribution in [0.25, 0.3) is 5.69 Å². The Balaban J connectivity index is 1.56.